The van der Waals surface area contributed by atoms with Crippen molar-refractivity contribution in [3.05, 3.63) is 197 Å². The number of amides is 3. The number of piperazine rings is 1. The Labute approximate surface area is 600 Å². The molecule has 0 unspecified atom stereocenters. The van der Waals surface area contributed by atoms with Crippen molar-refractivity contribution in [1.29, 1.82) is 0 Å². The predicted molar refractivity (Wildman–Crippen MR) is 396 cm³/mol. The van der Waals surface area contributed by atoms with Gasteiger partial charge in [-0.05, 0) is 47.1 Å². The molecule has 0 spiro atoms. The number of hydrogen-bond donors (Lipinski definition) is 0. The fourth-order valence-corrected chi connectivity index (χ4v) is 14.0. The predicted octanol–water partition coefficient (Wildman–Crippen LogP) is 11.1. The molecule has 2 aliphatic rings. The maximum absolute atomic E-state index is 13.2. The summed E-state index contributed by atoms with van der Waals surface area (Å²) in [4.78, 5) is 48.7. The summed E-state index contributed by atoms with van der Waals surface area (Å²) in [6, 6.07) is 58.4. The molecule has 0 atom stereocenters. The maximum atomic E-state index is 13.2. The third kappa shape index (κ3) is 16.1. The van der Waals surface area contributed by atoms with E-state index in [-0.39, 0.29) is 56.5 Å². The maximum Gasteiger partial charge on any atom is 0.244 e. The van der Waals surface area contributed by atoms with E-state index in [1.807, 2.05) is 213 Å². The van der Waals surface area contributed by atoms with Gasteiger partial charge < -0.3 is 24.5 Å². The number of carbonyl (C=O) groups excluding carboxylic acids is 3. The summed E-state index contributed by atoms with van der Waals surface area (Å²) in [6.45, 7) is 4.66. The van der Waals surface area contributed by atoms with Crippen molar-refractivity contribution in [2.45, 2.75) is 38.5 Å². The lowest BCUT2D eigenvalue weighted by molar-refractivity contribution is -0.134. The van der Waals surface area contributed by atoms with Crippen LogP contribution in [-0.2, 0) is 44.0 Å². The molecule has 14 rings (SSSR count). The van der Waals surface area contributed by atoms with Crippen LogP contribution in [0.25, 0.3) is 101 Å². The lowest BCUT2D eigenvalue weighted by Crippen LogP contribution is -2.51. The SMILES string of the molecule is CN(C)CCN(C)C(=O)Cn1nc(-c2ccccc2)c2c(Cl)c(-c3ccccc3)nnc21.CN1CCC(N(C)C(=O)Cn2nc(-c3ccccc3)c3c(Cl)c(-c4ccccc4)nnc32)CC1.CS(=O)(=O)N1CCN(C(=O)Cn2nc(-c3ccccc3)c3c(Cl)c(-c4ccccc4)nnc32)CC1. The third-order valence-corrected chi connectivity index (χ3v) is 20.3. The van der Waals surface area contributed by atoms with Gasteiger partial charge in [0.25, 0.3) is 0 Å². The second-order valence-corrected chi connectivity index (χ2v) is 28.2. The molecule has 6 aromatic carbocycles. The Hall–Kier alpha value is -9.92. The Morgan fingerprint density at radius 3 is 1.07 bits per heavy atom. The van der Waals surface area contributed by atoms with E-state index < -0.39 is 10.0 Å². The summed E-state index contributed by atoms with van der Waals surface area (Å²) in [5, 5.41) is 44.2. The number of carbonyl (C=O) groups is 3. The first kappa shape index (κ1) is 70.9. The Bertz CT molecular complexity index is 5000. The molecule has 23 nitrogen and oxygen atoms in total. The second kappa shape index (κ2) is 31.7. The van der Waals surface area contributed by atoms with Crippen LogP contribution in [-0.4, -0.2) is 215 Å². The summed E-state index contributed by atoms with van der Waals surface area (Å²) in [6.07, 6.45) is 3.12. The number of rotatable bonds is 17. The molecule has 0 radical (unpaired) electrons. The summed E-state index contributed by atoms with van der Waals surface area (Å²) in [5.41, 5.74) is 10.4. The number of nitrogens with zero attached hydrogens (tertiary/aromatic N) is 18. The molecule has 6 aromatic heterocycles. The van der Waals surface area contributed by atoms with Gasteiger partial charge in [-0.3, -0.25) is 14.4 Å². The van der Waals surface area contributed by atoms with Crippen molar-refractivity contribution >= 4 is 95.6 Å². The van der Waals surface area contributed by atoms with Gasteiger partial charge in [-0.15, -0.1) is 30.6 Å². The number of benzene rings is 6. The van der Waals surface area contributed by atoms with Crippen LogP contribution in [0.5, 0.6) is 0 Å². The Kier molecular flexibility index (Phi) is 22.3. The number of aromatic nitrogens is 12. The molecule has 518 valence electrons. The number of fused-ring (bicyclic) bond motifs is 3. The Morgan fingerprint density at radius 2 is 0.743 bits per heavy atom. The van der Waals surface area contributed by atoms with Gasteiger partial charge in [0, 0.05) is 92.8 Å². The zero-order chi connectivity index (χ0) is 70.9. The number of halogens is 3. The molecular weight excluding hydrogens is 1360 g/mol. The highest BCUT2D eigenvalue weighted by molar-refractivity contribution is 7.88. The molecule has 0 saturated carbocycles. The van der Waals surface area contributed by atoms with Crippen molar-refractivity contribution in [1.82, 2.24) is 88.7 Å². The average Bonchev–Trinajstić information content (AvgIpc) is 1.64. The van der Waals surface area contributed by atoms with Gasteiger partial charge in [0.2, 0.25) is 27.7 Å². The zero-order valence-corrected chi connectivity index (χ0v) is 59.8. The van der Waals surface area contributed by atoms with Gasteiger partial charge in [0.05, 0.1) is 37.5 Å². The van der Waals surface area contributed by atoms with Crippen LogP contribution in [0.15, 0.2) is 182 Å². The van der Waals surface area contributed by atoms with Crippen molar-refractivity contribution in [2.24, 2.45) is 0 Å². The summed E-state index contributed by atoms with van der Waals surface area (Å²) in [7, 11) is 6.48. The first-order valence-corrected chi connectivity index (χ1v) is 36.0. The Balaban J connectivity index is 0.000000143. The monoisotopic (exact) mass is 1430 g/mol. The molecule has 12 aromatic rings. The number of likely N-dealkylation sites (tertiary alicyclic amines) is 1. The standard InChI is InChI=1S/C26H27ClN6O.C24H23ClN6O3S.C24H25ClN6O/c1-31-15-13-20(14-16-31)32(2)21(34)17-33-26-22(24(30-33)18-9-5-3-6-10-18)23(27)25(28-29-26)19-11-7-4-8-12-19;1-35(33,34)30-14-12-29(13-15-30)19(32)16-31-24-20(22(28-31)17-8-4-2-5-9-17)21(25)23(26-27-24)18-10-6-3-7-11-18;1-29(2)14-15-30(3)19(32)16-31-24-20(22(28-31)17-10-6-4-7-11-17)21(25)23(26-27-24)18-12-8-5-9-13-18/h3-12,20H,13-17H2,1-2H3;2-11H,12-16H2,1H3;4-13H,14-16H2,1-3H3. The molecule has 2 aliphatic heterocycles. The average molecular weight is 1430 g/mol. The first-order valence-electron chi connectivity index (χ1n) is 33.0. The van der Waals surface area contributed by atoms with Crippen LogP contribution < -0.4 is 0 Å². The van der Waals surface area contributed by atoms with Gasteiger partial charge in [0.1, 0.15) is 53.8 Å². The van der Waals surface area contributed by atoms with Crippen LogP contribution in [0.1, 0.15) is 12.8 Å². The van der Waals surface area contributed by atoms with Crippen molar-refractivity contribution in [3.63, 3.8) is 0 Å². The van der Waals surface area contributed by atoms with Crippen LogP contribution in [0.4, 0.5) is 0 Å². The van der Waals surface area contributed by atoms with E-state index in [2.05, 4.69) is 42.5 Å². The second-order valence-electron chi connectivity index (χ2n) is 25.1. The number of hydrogen-bond acceptors (Lipinski definition) is 16. The van der Waals surface area contributed by atoms with E-state index in [4.69, 9.17) is 50.1 Å². The number of piperidine rings is 1. The van der Waals surface area contributed by atoms with Crippen molar-refractivity contribution in [3.8, 4) is 67.5 Å². The molecule has 0 bridgehead atoms. The number of likely N-dealkylation sites (N-methyl/N-ethyl adjacent to an activating group) is 3. The quantitative estimate of drug-likeness (QED) is 0.0824. The summed E-state index contributed by atoms with van der Waals surface area (Å²) < 4.78 is 29.7. The molecule has 2 fully saturated rings. The molecule has 3 amide bonds. The van der Waals surface area contributed by atoms with E-state index in [1.165, 1.54) is 15.2 Å². The van der Waals surface area contributed by atoms with E-state index in [0.717, 1.165) is 65.9 Å². The highest BCUT2D eigenvalue weighted by Gasteiger charge is 2.31. The van der Waals surface area contributed by atoms with E-state index in [9.17, 15) is 22.8 Å². The van der Waals surface area contributed by atoms with E-state index in [0.29, 0.717) is 102 Å². The first-order chi connectivity index (χ1) is 48.8. The molecule has 27 heteroatoms. The highest BCUT2D eigenvalue weighted by atomic mass is 35.5. The topological polar surface area (TPSA) is 236 Å². The van der Waals surface area contributed by atoms with Gasteiger partial charge in [-0.2, -0.15) is 19.6 Å². The smallest absolute Gasteiger partial charge is 0.244 e. The van der Waals surface area contributed by atoms with Gasteiger partial charge in [-0.25, -0.2) is 22.5 Å². The van der Waals surface area contributed by atoms with Gasteiger partial charge in [-0.1, -0.05) is 217 Å². The van der Waals surface area contributed by atoms with Gasteiger partial charge in [0.15, 0.2) is 16.9 Å². The van der Waals surface area contributed by atoms with Crippen LogP contribution in [0.2, 0.25) is 15.1 Å². The molecular formula is C74H75Cl3N18O5S. The number of sulfonamides is 1. The summed E-state index contributed by atoms with van der Waals surface area (Å²) >= 11 is 20.7. The lowest BCUT2D eigenvalue weighted by atomic mass is 10.0. The third-order valence-electron chi connectivity index (χ3n) is 17.9. The van der Waals surface area contributed by atoms with Crippen LogP contribution >= 0.6 is 34.8 Å². The van der Waals surface area contributed by atoms with Crippen molar-refractivity contribution in [2.75, 3.05) is 93.9 Å². The van der Waals surface area contributed by atoms with Crippen molar-refractivity contribution < 1.29 is 22.8 Å². The molecule has 0 aliphatic carbocycles. The summed E-state index contributed by atoms with van der Waals surface area (Å²) in [5.74, 6) is -0.225. The minimum Gasteiger partial charge on any atom is -0.343 e. The normalized spacial score (nSPS) is 13.8. The molecule has 2 saturated heterocycles. The van der Waals surface area contributed by atoms with Gasteiger partial charge >= 0.3 is 0 Å². The fraction of sp³-hybridized carbons (Fsp3) is 0.270. The largest absolute Gasteiger partial charge is 0.343 e. The van der Waals surface area contributed by atoms with Crippen LogP contribution in [0.3, 0.4) is 0 Å². The minimum absolute atomic E-state index is 0.00335. The molecule has 0 N–H and O–H groups in total. The molecule has 8 heterocycles. The van der Waals surface area contributed by atoms with E-state index >= 15 is 0 Å². The molecule has 101 heavy (non-hydrogen) atoms. The van der Waals surface area contributed by atoms with Crippen LogP contribution in [0, 0.1) is 0 Å². The lowest BCUT2D eigenvalue weighted by Gasteiger charge is -2.35. The minimum atomic E-state index is -3.28. The highest BCUT2D eigenvalue weighted by Crippen LogP contribution is 2.41. The zero-order valence-electron chi connectivity index (χ0n) is 56.7. The fourth-order valence-electron chi connectivity index (χ4n) is 12.2. The van der Waals surface area contributed by atoms with E-state index in [1.54, 1.807) is 26.2 Å². The Morgan fingerprint density at radius 1 is 0.426 bits per heavy atom.